The minimum absolute atomic E-state index is 0.0560. The molecule has 0 saturated carbocycles. The van der Waals surface area contributed by atoms with Crippen molar-refractivity contribution in [3.63, 3.8) is 0 Å². The molecule has 2 aromatic rings. The van der Waals surface area contributed by atoms with E-state index in [4.69, 9.17) is 5.11 Å². The number of hydrogen-bond acceptors (Lipinski definition) is 3. The molecule has 2 N–H and O–H groups in total. The van der Waals surface area contributed by atoms with Crippen LogP contribution in [0.5, 0.6) is 0 Å². The molecule has 0 aromatic carbocycles. The van der Waals surface area contributed by atoms with Crippen molar-refractivity contribution in [3.8, 4) is 10.6 Å². The van der Waals surface area contributed by atoms with E-state index in [1.54, 1.807) is 17.4 Å². The van der Waals surface area contributed by atoms with Gasteiger partial charge in [0.1, 0.15) is 0 Å². The number of carboxylic acids is 1. The Bertz CT molecular complexity index is 502. The molecule has 16 heavy (non-hydrogen) atoms. The Morgan fingerprint density at radius 1 is 1.56 bits per heavy atom. The molecule has 5 heteroatoms. The van der Waals surface area contributed by atoms with Crippen LogP contribution < -0.4 is 0 Å². The molecule has 0 spiro atoms. The molecular weight excluding hydrogens is 224 g/mol. The highest BCUT2D eigenvalue weighted by molar-refractivity contribution is 7.15. The van der Waals surface area contributed by atoms with E-state index in [-0.39, 0.29) is 5.69 Å². The van der Waals surface area contributed by atoms with Gasteiger partial charge in [-0.3, -0.25) is 5.10 Å². The monoisotopic (exact) mass is 236 g/mol. The lowest BCUT2D eigenvalue weighted by Gasteiger charge is -1.90. The quantitative estimate of drug-likeness (QED) is 0.857. The summed E-state index contributed by atoms with van der Waals surface area (Å²) in [7, 11) is 0. The molecule has 84 valence electrons. The predicted molar refractivity (Wildman–Crippen MR) is 62.9 cm³/mol. The van der Waals surface area contributed by atoms with E-state index in [1.165, 1.54) is 4.88 Å². The lowest BCUT2D eigenvalue weighted by atomic mass is 10.3. The zero-order valence-corrected chi connectivity index (χ0v) is 9.67. The van der Waals surface area contributed by atoms with Gasteiger partial charge in [-0.15, -0.1) is 11.3 Å². The minimum Gasteiger partial charge on any atom is -0.476 e. The van der Waals surface area contributed by atoms with Crippen LogP contribution in [0.2, 0.25) is 0 Å². The first-order valence-corrected chi connectivity index (χ1v) is 5.90. The Morgan fingerprint density at radius 3 is 3.00 bits per heavy atom. The van der Waals surface area contributed by atoms with Gasteiger partial charge in [0, 0.05) is 4.88 Å². The lowest BCUT2D eigenvalue weighted by Crippen LogP contribution is -1.95. The number of nitrogens with one attached hydrogen (secondary N) is 1. The Balaban J connectivity index is 2.24. The van der Waals surface area contributed by atoms with Crippen molar-refractivity contribution in [1.29, 1.82) is 0 Å². The topological polar surface area (TPSA) is 66.0 Å². The number of thiophene rings is 1. The second-order valence-electron chi connectivity index (χ2n) is 3.49. The molecule has 2 heterocycles. The molecule has 2 rings (SSSR count). The van der Waals surface area contributed by atoms with Crippen molar-refractivity contribution in [3.05, 3.63) is 28.8 Å². The number of rotatable bonds is 4. The van der Waals surface area contributed by atoms with Crippen LogP contribution in [-0.4, -0.2) is 21.3 Å². The van der Waals surface area contributed by atoms with E-state index in [1.807, 2.05) is 6.07 Å². The van der Waals surface area contributed by atoms with Crippen molar-refractivity contribution in [2.24, 2.45) is 0 Å². The first-order chi connectivity index (χ1) is 7.70. The van der Waals surface area contributed by atoms with Crippen molar-refractivity contribution >= 4 is 17.3 Å². The standard InChI is InChI=1S/C11H12N2O2S/c1-2-3-7-4-5-10(16-7)8-6-9(11(14)15)13-12-8/h4-6H,2-3H2,1H3,(H,12,13)(H,14,15). The van der Waals surface area contributed by atoms with Crippen molar-refractivity contribution in [1.82, 2.24) is 10.2 Å². The van der Waals surface area contributed by atoms with Crippen LogP contribution in [-0.2, 0) is 6.42 Å². The molecule has 0 fully saturated rings. The summed E-state index contributed by atoms with van der Waals surface area (Å²) in [6.45, 7) is 2.14. The molecule has 2 aromatic heterocycles. The number of H-pyrrole nitrogens is 1. The summed E-state index contributed by atoms with van der Waals surface area (Å²) in [5.41, 5.74) is 0.824. The maximum absolute atomic E-state index is 10.7. The van der Waals surface area contributed by atoms with E-state index in [0.29, 0.717) is 0 Å². The number of carbonyl (C=O) groups is 1. The summed E-state index contributed by atoms with van der Waals surface area (Å²) in [6.07, 6.45) is 2.17. The molecule has 0 radical (unpaired) electrons. The summed E-state index contributed by atoms with van der Waals surface area (Å²) in [4.78, 5) is 13.0. The maximum atomic E-state index is 10.7. The molecule has 0 unspecified atom stereocenters. The van der Waals surface area contributed by atoms with Gasteiger partial charge < -0.3 is 5.11 Å². The van der Waals surface area contributed by atoms with Crippen LogP contribution >= 0.6 is 11.3 Å². The van der Waals surface area contributed by atoms with Gasteiger partial charge in [-0.2, -0.15) is 5.10 Å². The largest absolute Gasteiger partial charge is 0.476 e. The maximum Gasteiger partial charge on any atom is 0.356 e. The Hall–Kier alpha value is -1.62. The smallest absolute Gasteiger partial charge is 0.356 e. The van der Waals surface area contributed by atoms with E-state index < -0.39 is 5.97 Å². The van der Waals surface area contributed by atoms with Gasteiger partial charge >= 0.3 is 5.97 Å². The van der Waals surface area contributed by atoms with Gasteiger partial charge in [-0.25, -0.2) is 4.79 Å². The van der Waals surface area contributed by atoms with Crippen molar-refractivity contribution < 1.29 is 9.90 Å². The van der Waals surface area contributed by atoms with Crippen LogP contribution in [0.25, 0.3) is 10.6 Å². The highest BCUT2D eigenvalue weighted by Gasteiger charge is 2.10. The second-order valence-corrected chi connectivity index (χ2v) is 4.66. The Morgan fingerprint density at radius 2 is 2.38 bits per heavy atom. The number of aryl methyl sites for hydroxylation is 1. The van der Waals surface area contributed by atoms with Gasteiger partial charge in [0.15, 0.2) is 5.69 Å². The predicted octanol–water partition coefficient (Wildman–Crippen LogP) is 2.79. The fraction of sp³-hybridized carbons (Fsp3) is 0.273. The average molecular weight is 236 g/mol. The highest BCUT2D eigenvalue weighted by atomic mass is 32.1. The SMILES string of the molecule is CCCc1ccc(-c2cc(C(=O)O)n[nH]2)s1. The van der Waals surface area contributed by atoms with Crippen LogP contribution in [0.15, 0.2) is 18.2 Å². The molecule has 0 aliphatic carbocycles. The number of aromatic carboxylic acids is 1. The number of aromatic amines is 1. The second kappa shape index (κ2) is 4.49. The third-order valence-electron chi connectivity index (χ3n) is 2.22. The van der Waals surface area contributed by atoms with E-state index in [0.717, 1.165) is 23.4 Å². The third-order valence-corrected chi connectivity index (χ3v) is 3.40. The Kier molecular flexibility index (Phi) is 3.05. The number of carboxylic acid groups (broad SMARTS) is 1. The van der Waals surface area contributed by atoms with Gasteiger partial charge in [0.25, 0.3) is 0 Å². The highest BCUT2D eigenvalue weighted by Crippen LogP contribution is 2.27. The molecule has 0 aliphatic rings. The Labute approximate surface area is 96.9 Å². The van der Waals surface area contributed by atoms with E-state index in [9.17, 15) is 4.79 Å². The normalized spacial score (nSPS) is 10.6. The number of aromatic nitrogens is 2. The number of hydrogen-bond donors (Lipinski definition) is 2. The third kappa shape index (κ3) is 2.14. The average Bonchev–Trinajstić information content (AvgIpc) is 2.84. The van der Waals surface area contributed by atoms with Gasteiger partial charge in [0.2, 0.25) is 0 Å². The summed E-state index contributed by atoms with van der Waals surface area (Å²) in [5, 5.41) is 15.2. The lowest BCUT2D eigenvalue weighted by molar-refractivity contribution is 0.0690. The minimum atomic E-state index is -1.01. The fourth-order valence-electron chi connectivity index (χ4n) is 1.46. The van der Waals surface area contributed by atoms with Crippen LogP contribution in [0, 0.1) is 0 Å². The fourth-order valence-corrected chi connectivity index (χ4v) is 2.54. The van der Waals surface area contributed by atoms with Gasteiger partial charge in [-0.1, -0.05) is 13.3 Å². The zero-order valence-electron chi connectivity index (χ0n) is 8.86. The van der Waals surface area contributed by atoms with Crippen LogP contribution in [0.4, 0.5) is 0 Å². The first kappa shape index (κ1) is 10.9. The molecule has 0 amide bonds. The first-order valence-electron chi connectivity index (χ1n) is 5.08. The van der Waals surface area contributed by atoms with Crippen LogP contribution in [0.1, 0.15) is 28.7 Å². The molecular formula is C11H12N2O2S. The van der Waals surface area contributed by atoms with Crippen LogP contribution in [0.3, 0.4) is 0 Å². The summed E-state index contributed by atoms with van der Waals surface area (Å²) >= 11 is 1.67. The van der Waals surface area contributed by atoms with Crippen molar-refractivity contribution in [2.45, 2.75) is 19.8 Å². The van der Waals surface area contributed by atoms with Crippen molar-refractivity contribution in [2.75, 3.05) is 0 Å². The molecule has 4 nitrogen and oxygen atoms in total. The zero-order chi connectivity index (χ0) is 11.5. The molecule has 0 aliphatic heterocycles. The van der Waals surface area contributed by atoms with Gasteiger partial charge in [0.05, 0.1) is 10.6 Å². The summed E-state index contributed by atoms with van der Waals surface area (Å²) < 4.78 is 0. The van der Waals surface area contributed by atoms with E-state index in [2.05, 4.69) is 23.2 Å². The summed E-state index contributed by atoms with van der Waals surface area (Å²) in [6, 6.07) is 5.63. The molecule has 0 bridgehead atoms. The molecule has 0 saturated heterocycles. The number of nitrogens with zero attached hydrogens (tertiary/aromatic N) is 1. The molecule has 0 atom stereocenters. The summed E-state index contributed by atoms with van der Waals surface area (Å²) in [5.74, 6) is -1.01. The van der Waals surface area contributed by atoms with E-state index >= 15 is 0 Å². The van der Waals surface area contributed by atoms with Gasteiger partial charge in [-0.05, 0) is 24.6 Å².